The summed E-state index contributed by atoms with van der Waals surface area (Å²) in [5, 5.41) is 0. The van der Waals surface area contributed by atoms with Crippen molar-refractivity contribution in [3.63, 3.8) is 0 Å². The molecule has 1 aliphatic carbocycles. The number of nitrogens with zero attached hydrogens (tertiary/aromatic N) is 1. The van der Waals surface area contributed by atoms with E-state index < -0.39 is 0 Å². The second-order valence-electron chi connectivity index (χ2n) is 5.93. The van der Waals surface area contributed by atoms with Gasteiger partial charge in [-0.15, -0.1) is 0 Å². The third kappa shape index (κ3) is 3.33. The number of amides is 1. The minimum Gasteiger partial charge on any atom is -0.339 e. The van der Waals surface area contributed by atoms with Gasteiger partial charge in [-0.1, -0.05) is 19.3 Å². The molecule has 3 heteroatoms. The van der Waals surface area contributed by atoms with Crippen molar-refractivity contribution in [1.82, 2.24) is 4.90 Å². The minimum atomic E-state index is -0.00651. The Balaban J connectivity index is 2.00. The maximum Gasteiger partial charge on any atom is 0.230 e. The largest absolute Gasteiger partial charge is 0.339 e. The Labute approximate surface area is 110 Å². The molecule has 1 saturated heterocycles. The van der Waals surface area contributed by atoms with E-state index in [9.17, 15) is 9.59 Å². The Morgan fingerprint density at radius 2 is 1.67 bits per heavy atom. The molecule has 2 aliphatic rings. The van der Waals surface area contributed by atoms with Crippen molar-refractivity contribution in [1.29, 1.82) is 0 Å². The van der Waals surface area contributed by atoms with Gasteiger partial charge in [0, 0.05) is 12.6 Å². The lowest BCUT2D eigenvalue weighted by atomic mass is 9.80. The molecular weight excluding hydrogens is 226 g/mol. The van der Waals surface area contributed by atoms with Crippen LogP contribution in [0.1, 0.15) is 64.7 Å². The van der Waals surface area contributed by atoms with Crippen molar-refractivity contribution in [3.8, 4) is 0 Å². The van der Waals surface area contributed by atoms with E-state index in [1.807, 2.05) is 4.90 Å². The number of ketones is 1. The van der Waals surface area contributed by atoms with Gasteiger partial charge in [0.1, 0.15) is 5.78 Å². The highest BCUT2D eigenvalue weighted by atomic mass is 16.2. The Morgan fingerprint density at radius 3 is 2.33 bits per heavy atom. The van der Waals surface area contributed by atoms with Gasteiger partial charge in [0.05, 0.1) is 6.42 Å². The zero-order valence-corrected chi connectivity index (χ0v) is 11.5. The smallest absolute Gasteiger partial charge is 0.230 e. The molecule has 0 radical (unpaired) electrons. The Kier molecular flexibility index (Phi) is 4.79. The number of Topliss-reactive ketones (excluding diaryl/α,β-unsaturated/α-hetero) is 1. The Hall–Kier alpha value is -0.860. The topological polar surface area (TPSA) is 37.4 Å². The summed E-state index contributed by atoms with van der Waals surface area (Å²) in [6.07, 6.45) is 10.1. The summed E-state index contributed by atoms with van der Waals surface area (Å²) in [6.45, 7) is 2.38. The van der Waals surface area contributed by atoms with E-state index >= 15 is 0 Å². The van der Waals surface area contributed by atoms with E-state index in [-0.39, 0.29) is 18.1 Å². The highest BCUT2D eigenvalue weighted by molar-refractivity contribution is 5.96. The third-order valence-corrected chi connectivity index (χ3v) is 4.46. The normalized spacial score (nSPS) is 26.1. The lowest BCUT2D eigenvalue weighted by molar-refractivity contribution is -0.139. The molecule has 0 N–H and O–H groups in total. The summed E-state index contributed by atoms with van der Waals surface area (Å²) >= 11 is 0. The van der Waals surface area contributed by atoms with Crippen LogP contribution < -0.4 is 0 Å². The van der Waals surface area contributed by atoms with Crippen LogP contribution in [-0.4, -0.2) is 29.2 Å². The predicted molar refractivity (Wildman–Crippen MR) is 71.2 cm³/mol. The lowest BCUT2D eigenvalue weighted by Crippen LogP contribution is -2.48. The Morgan fingerprint density at radius 1 is 1.00 bits per heavy atom. The van der Waals surface area contributed by atoms with Crippen molar-refractivity contribution in [3.05, 3.63) is 0 Å². The summed E-state index contributed by atoms with van der Waals surface area (Å²) < 4.78 is 0. The molecule has 1 aliphatic heterocycles. The minimum absolute atomic E-state index is 0.00651. The van der Waals surface area contributed by atoms with E-state index in [0.29, 0.717) is 12.0 Å². The van der Waals surface area contributed by atoms with Crippen molar-refractivity contribution < 1.29 is 9.59 Å². The standard InChI is InChI=1S/C15H25NO2/c1-12(17)11-15(18)16-10-6-5-9-14(16)13-7-3-2-4-8-13/h13-14H,2-11H2,1H3/t14-/m0/s1. The zero-order chi connectivity index (χ0) is 13.0. The highest BCUT2D eigenvalue weighted by Crippen LogP contribution is 2.33. The van der Waals surface area contributed by atoms with Gasteiger partial charge < -0.3 is 4.90 Å². The van der Waals surface area contributed by atoms with Gasteiger partial charge in [0.2, 0.25) is 5.91 Å². The first-order chi connectivity index (χ1) is 8.68. The first-order valence-corrected chi connectivity index (χ1v) is 7.47. The molecule has 0 bridgehead atoms. The molecule has 0 aromatic carbocycles. The summed E-state index contributed by atoms with van der Waals surface area (Å²) in [5.41, 5.74) is 0. The van der Waals surface area contributed by atoms with Crippen LogP contribution in [-0.2, 0) is 9.59 Å². The second-order valence-corrected chi connectivity index (χ2v) is 5.93. The monoisotopic (exact) mass is 251 g/mol. The summed E-state index contributed by atoms with van der Waals surface area (Å²) in [5.74, 6) is 0.751. The van der Waals surface area contributed by atoms with Crippen LogP contribution in [0.5, 0.6) is 0 Å². The van der Waals surface area contributed by atoms with Crippen LogP contribution >= 0.6 is 0 Å². The van der Waals surface area contributed by atoms with Gasteiger partial charge in [-0.2, -0.15) is 0 Å². The number of carbonyl (C=O) groups is 2. The van der Waals surface area contributed by atoms with Crippen LogP contribution in [0.4, 0.5) is 0 Å². The van der Waals surface area contributed by atoms with E-state index in [1.54, 1.807) is 0 Å². The third-order valence-electron chi connectivity index (χ3n) is 4.46. The summed E-state index contributed by atoms with van der Waals surface area (Å²) in [7, 11) is 0. The predicted octanol–water partition coefficient (Wildman–Crippen LogP) is 2.93. The van der Waals surface area contributed by atoms with Gasteiger partial charge in [-0.3, -0.25) is 9.59 Å². The maximum absolute atomic E-state index is 12.2. The molecular formula is C15H25NO2. The molecule has 0 spiro atoms. The Bertz CT molecular complexity index is 308. The van der Waals surface area contributed by atoms with E-state index in [0.717, 1.165) is 19.4 Å². The van der Waals surface area contributed by atoms with Gasteiger partial charge in [-0.25, -0.2) is 0 Å². The molecule has 18 heavy (non-hydrogen) atoms. The van der Waals surface area contributed by atoms with Gasteiger partial charge in [0.15, 0.2) is 0 Å². The molecule has 2 fully saturated rings. The summed E-state index contributed by atoms with van der Waals surface area (Å²) in [4.78, 5) is 25.3. The average molecular weight is 251 g/mol. The number of piperidine rings is 1. The number of rotatable bonds is 3. The van der Waals surface area contributed by atoms with Crippen molar-refractivity contribution in [2.75, 3.05) is 6.54 Å². The molecule has 0 aromatic rings. The van der Waals surface area contributed by atoms with Crippen LogP contribution in [0.15, 0.2) is 0 Å². The molecule has 0 unspecified atom stereocenters. The van der Waals surface area contributed by atoms with Crippen LogP contribution in [0.2, 0.25) is 0 Å². The quantitative estimate of drug-likeness (QED) is 0.723. The number of carbonyl (C=O) groups excluding carboxylic acids is 2. The molecule has 1 atom stereocenters. The summed E-state index contributed by atoms with van der Waals surface area (Å²) in [6, 6.07) is 0.422. The van der Waals surface area contributed by atoms with E-state index in [1.165, 1.54) is 45.4 Å². The fourth-order valence-corrected chi connectivity index (χ4v) is 3.59. The van der Waals surface area contributed by atoms with E-state index in [4.69, 9.17) is 0 Å². The van der Waals surface area contributed by atoms with Gasteiger partial charge in [-0.05, 0) is 44.9 Å². The van der Waals surface area contributed by atoms with E-state index in [2.05, 4.69) is 0 Å². The number of hydrogen-bond donors (Lipinski definition) is 0. The first-order valence-electron chi connectivity index (χ1n) is 7.47. The maximum atomic E-state index is 12.2. The fraction of sp³-hybridized carbons (Fsp3) is 0.867. The van der Waals surface area contributed by atoms with Crippen LogP contribution in [0.3, 0.4) is 0 Å². The van der Waals surface area contributed by atoms with Crippen molar-refractivity contribution in [2.45, 2.75) is 70.8 Å². The van der Waals surface area contributed by atoms with Crippen molar-refractivity contribution in [2.24, 2.45) is 5.92 Å². The molecule has 0 aromatic heterocycles. The van der Waals surface area contributed by atoms with Gasteiger partial charge >= 0.3 is 0 Å². The number of likely N-dealkylation sites (tertiary alicyclic amines) is 1. The lowest BCUT2D eigenvalue weighted by Gasteiger charge is -2.42. The molecule has 1 heterocycles. The van der Waals surface area contributed by atoms with Gasteiger partial charge in [0.25, 0.3) is 0 Å². The first kappa shape index (κ1) is 13.6. The van der Waals surface area contributed by atoms with Crippen LogP contribution in [0, 0.1) is 5.92 Å². The molecule has 1 saturated carbocycles. The molecule has 1 amide bonds. The number of hydrogen-bond acceptors (Lipinski definition) is 2. The van der Waals surface area contributed by atoms with Crippen LogP contribution in [0.25, 0.3) is 0 Å². The molecule has 2 rings (SSSR count). The molecule has 3 nitrogen and oxygen atoms in total. The average Bonchev–Trinajstić information content (AvgIpc) is 2.39. The second kappa shape index (κ2) is 6.35. The zero-order valence-electron chi connectivity index (χ0n) is 11.5. The SMILES string of the molecule is CC(=O)CC(=O)N1CCCC[C@H]1C1CCCCC1. The molecule has 102 valence electrons. The highest BCUT2D eigenvalue weighted by Gasteiger charge is 2.33. The fourth-order valence-electron chi connectivity index (χ4n) is 3.59. The van der Waals surface area contributed by atoms with Crippen molar-refractivity contribution >= 4 is 11.7 Å².